The minimum Gasteiger partial charge on any atom is -0.368 e. The maximum absolute atomic E-state index is 12.6. The van der Waals surface area contributed by atoms with Crippen LogP contribution in [0.5, 0.6) is 0 Å². The number of aromatic nitrogens is 2. The first-order valence-corrected chi connectivity index (χ1v) is 10.8. The minimum absolute atomic E-state index is 0.161. The molecule has 3 aromatic rings. The number of hydrogen-bond donors (Lipinski definition) is 3. The predicted octanol–water partition coefficient (Wildman–Crippen LogP) is 2.87. The molecule has 1 heterocycles. The van der Waals surface area contributed by atoms with Crippen molar-refractivity contribution in [2.24, 2.45) is 5.73 Å². The lowest BCUT2D eigenvalue weighted by atomic mass is 10.1. The van der Waals surface area contributed by atoms with Gasteiger partial charge >= 0.3 is 0 Å². The van der Waals surface area contributed by atoms with Crippen LogP contribution < -0.4 is 16.4 Å². The predicted molar refractivity (Wildman–Crippen MR) is 127 cm³/mol. The van der Waals surface area contributed by atoms with Crippen LogP contribution in [0.3, 0.4) is 0 Å². The van der Waals surface area contributed by atoms with Crippen molar-refractivity contribution in [3.8, 4) is 5.69 Å². The number of benzene rings is 2. The molecule has 0 unspecified atom stereocenters. The van der Waals surface area contributed by atoms with E-state index in [-0.39, 0.29) is 18.9 Å². The number of nitrogens with two attached hydrogens (primary N) is 1. The second-order valence-electron chi connectivity index (χ2n) is 7.46. The van der Waals surface area contributed by atoms with Crippen molar-refractivity contribution in [1.29, 1.82) is 0 Å². The zero-order chi connectivity index (χ0) is 24.1. The molecule has 0 atom stereocenters. The van der Waals surface area contributed by atoms with Crippen molar-refractivity contribution in [2.45, 2.75) is 26.8 Å². The van der Waals surface area contributed by atoms with E-state index in [9.17, 15) is 14.4 Å². The van der Waals surface area contributed by atoms with E-state index in [1.54, 1.807) is 47.1 Å². The summed E-state index contributed by atoms with van der Waals surface area (Å²) in [5.41, 5.74) is 9.30. The number of aryl methyl sites for hydroxylation is 1. The Hall–Kier alpha value is -3.36. The van der Waals surface area contributed by atoms with Crippen LogP contribution in [0.15, 0.2) is 42.5 Å². The molecule has 3 rings (SSSR count). The van der Waals surface area contributed by atoms with Gasteiger partial charge in [0.15, 0.2) is 0 Å². The molecular formula is C23H23Cl2N5O3. The number of nitrogens with one attached hydrogen (secondary N) is 2. The van der Waals surface area contributed by atoms with Crippen LogP contribution in [0.1, 0.15) is 32.9 Å². The molecule has 0 fully saturated rings. The fraction of sp³-hybridized carbons (Fsp3) is 0.217. The lowest BCUT2D eigenvalue weighted by molar-refractivity contribution is -0.120. The van der Waals surface area contributed by atoms with E-state index < -0.39 is 11.8 Å². The maximum atomic E-state index is 12.6. The molecule has 2 aromatic carbocycles. The number of halogens is 2. The zero-order valence-electron chi connectivity index (χ0n) is 18.1. The molecule has 0 spiro atoms. The summed E-state index contributed by atoms with van der Waals surface area (Å²) >= 11 is 12.3. The number of carbonyl (C=O) groups excluding carboxylic acids is 3. The molecule has 0 bridgehead atoms. The highest BCUT2D eigenvalue weighted by Crippen LogP contribution is 2.27. The summed E-state index contributed by atoms with van der Waals surface area (Å²) in [7, 11) is 0. The Labute approximate surface area is 201 Å². The van der Waals surface area contributed by atoms with E-state index in [0.717, 1.165) is 22.5 Å². The molecule has 33 heavy (non-hydrogen) atoms. The third kappa shape index (κ3) is 6.12. The molecular weight excluding hydrogens is 465 g/mol. The van der Waals surface area contributed by atoms with Gasteiger partial charge in [0.1, 0.15) is 0 Å². The summed E-state index contributed by atoms with van der Waals surface area (Å²) in [6, 6.07) is 11.9. The molecule has 0 saturated heterocycles. The first-order chi connectivity index (χ1) is 15.7. The lowest BCUT2D eigenvalue weighted by Crippen LogP contribution is -2.33. The Bertz CT molecular complexity index is 1210. The highest BCUT2D eigenvalue weighted by atomic mass is 35.5. The summed E-state index contributed by atoms with van der Waals surface area (Å²) in [5.74, 6) is -1.17. The first kappa shape index (κ1) is 24.3. The average Bonchev–Trinajstić information content (AvgIpc) is 3.04. The van der Waals surface area contributed by atoms with E-state index >= 15 is 0 Å². The number of nitrogens with zero attached hydrogens (tertiary/aromatic N) is 2. The standard InChI is InChI=1S/C23H23Cl2N5O3/c1-13-18(14(2)30(29-13)20-8-7-17(24)9-19(20)25)10-22(32)27-11-15-3-5-16(6-4-15)23(33)28-12-21(26)31/h3-9H,10-12H2,1-2H3,(H2,26,31)(H,27,32)(H,28,33). The third-order valence-corrected chi connectivity index (χ3v) is 5.58. The van der Waals surface area contributed by atoms with Gasteiger partial charge in [-0.25, -0.2) is 4.68 Å². The highest BCUT2D eigenvalue weighted by Gasteiger charge is 2.17. The fourth-order valence-electron chi connectivity index (χ4n) is 3.29. The Morgan fingerprint density at radius 1 is 1.03 bits per heavy atom. The molecule has 10 heteroatoms. The SMILES string of the molecule is Cc1nn(-c2ccc(Cl)cc2Cl)c(C)c1CC(=O)NCc1ccc(C(=O)NCC(N)=O)cc1. The quantitative estimate of drug-likeness (QED) is 0.452. The summed E-state index contributed by atoms with van der Waals surface area (Å²) < 4.78 is 1.71. The van der Waals surface area contributed by atoms with Gasteiger partial charge in [0, 0.05) is 28.4 Å². The molecule has 0 aliphatic heterocycles. The Balaban J connectivity index is 1.62. The highest BCUT2D eigenvalue weighted by molar-refractivity contribution is 6.35. The zero-order valence-corrected chi connectivity index (χ0v) is 19.6. The third-order valence-electron chi connectivity index (χ3n) is 5.05. The van der Waals surface area contributed by atoms with Crippen LogP contribution in [0.4, 0.5) is 0 Å². The topological polar surface area (TPSA) is 119 Å². The van der Waals surface area contributed by atoms with E-state index in [4.69, 9.17) is 28.9 Å². The summed E-state index contributed by atoms with van der Waals surface area (Å²) in [6.07, 6.45) is 0.163. The van der Waals surface area contributed by atoms with Crippen LogP contribution in [0.2, 0.25) is 10.0 Å². The molecule has 0 aliphatic carbocycles. The normalized spacial score (nSPS) is 10.7. The monoisotopic (exact) mass is 487 g/mol. The number of rotatable bonds is 8. The van der Waals surface area contributed by atoms with E-state index in [0.29, 0.717) is 27.8 Å². The summed E-state index contributed by atoms with van der Waals surface area (Å²) in [4.78, 5) is 35.3. The minimum atomic E-state index is -0.616. The van der Waals surface area contributed by atoms with Crippen molar-refractivity contribution in [3.63, 3.8) is 0 Å². The Kier molecular flexibility index (Phi) is 7.73. The van der Waals surface area contributed by atoms with Gasteiger partial charge in [0.25, 0.3) is 5.91 Å². The molecule has 0 radical (unpaired) electrons. The molecule has 8 nitrogen and oxygen atoms in total. The average molecular weight is 488 g/mol. The van der Waals surface area contributed by atoms with Gasteiger partial charge in [-0.3, -0.25) is 14.4 Å². The van der Waals surface area contributed by atoms with Crippen LogP contribution in [-0.4, -0.2) is 34.0 Å². The van der Waals surface area contributed by atoms with Gasteiger partial charge < -0.3 is 16.4 Å². The lowest BCUT2D eigenvalue weighted by Gasteiger charge is -2.09. The molecule has 4 N–H and O–H groups in total. The fourth-order valence-corrected chi connectivity index (χ4v) is 3.77. The Morgan fingerprint density at radius 3 is 2.36 bits per heavy atom. The second-order valence-corrected chi connectivity index (χ2v) is 8.30. The van der Waals surface area contributed by atoms with E-state index in [1.807, 2.05) is 13.8 Å². The van der Waals surface area contributed by atoms with Gasteiger partial charge in [-0.1, -0.05) is 35.3 Å². The van der Waals surface area contributed by atoms with Crippen LogP contribution in [-0.2, 0) is 22.6 Å². The molecule has 0 aliphatic rings. The van der Waals surface area contributed by atoms with Crippen molar-refractivity contribution in [1.82, 2.24) is 20.4 Å². The van der Waals surface area contributed by atoms with Gasteiger partial charge in [0.2, 0.25) is 11.8 Å². The molecule has 3 amide bonds. The molecule has 1 aromatic heterocycles. The second kappa shape index (κ2) is 10.5. The van der Waals surface area contributed by atoms with Gasteiger partial charge in [-0.15, -0.1) is 0 Å². The van der Waals surface area contributed by atoms with Crippen molar-refractivity contribution in [2.75, 3.05) is 6.54 Å². The van der Waals surface area contributed by atoms with Crippen molar-refractivity contribution < 1.29 is 14.4 Å². The number of amides is 3. The summed E-state index contributed by atoms with van der Waals surface area (Å²) in [6.45, 7) is 3.81. The van der Waals surface area contributed by atoms with Crippen LogP contribution >= 0.6 is 23.2 Å². The van der Waals surface area contributed by atoms with Crippen LogP contribution in [0.25, 0.3) is 5.69 Å². The largest absolute Gasteiger partial charge is 0.368 e. The summed E-state index contributed by atoms with van der Waals surface area (Å²) in [5, 5.41) is 10.8. The molecule has 0 saturated carbocycles. The van der Waals surface area contributed by atoms with Gasteiger partial charge in [-0.2, -0.15) is 5.10 Å². The van der Waals surface area contributed by atoms with Gasteiger partial charge in [-0.05, 0) is 49.7 Å². The Morgan fingerprint density at radius 2 is 1.73 bits per heavy atom. The number of primary amides is 1. The smallest absolute Gasteiger partial charge is 0.251 e. The maximum Gasteiger partial charge on any atom is 0.251 e. The van der Waals surface area contributed by atoms with Gasteiger partial charge in [0.05, 0.1) is 29.4 Å². The van der Waals surface area contributed by atoms with Crippen molar-refractivity contribution in [3.05, 3.63) is 80.6 Å². The van der Waals surface area contributed by atoms with Crippen LogP contribution in [0, 0.1) is 13.8 Å². The molecule has 172 valence electrons. The van der Waals surface area contributed by atoms with Crippen molar-refractivity contribution >= 4 is 40.9 Å². The number of carbonyl (C=O) groups is 3. The van der Waals surface area contributed by atoms with E-state index in [2.05, 4.69) is 15.7 Å². The van der Waals surface area contributed by atoms with E-state index in [1.165, 1.54) is 0 Å². The first-order valence-electron chi connectivity index (χ1n) is 10.1. The number of hydrogen-bond acceptors (Lipinski definition) is 4.